The molecular formula is C37H72N8. The summed E-state index contributed by atoms with van der Waals surface area (Å²) < 4.78 is 0. The molecule has 2 fully saturated rings. The van der Waals surface area contributed by atoms with Gasteiger partial charge < -0.3 is 25.8 Å². The Morgan fingerprint density at radius 2 is 1.20 bits per heavy atom. The lowest BCUT2D eigenvalue weighted by Gasteiger charge is -2.50. The third-order valence-electron chi connectivity index (χ3n) is 9.99. The smallest absolute Gasteiger partial charge is 0.228 e. The molecule has 3 rings (SSSR count). The van der Waals surface area contributed by atoms with Crippen molar-refractivity contribution in [2.75, 3.05) is 19.6 Å². The van der Waals surface area contributed by atoms with Gasteiger partial charge in [-0.3, -0.25) is 5.41 Å². The number of hydrogen-bond donors (Lipinski definition) is 4. The van der Waals surface area contributed by atoms with Gasteiger partial charge in [-0.05, 0) is 139 Å². The zero-order chi connectivity index (χ0) is 33.9. The zero-order valence-electron chi connectivity index (χ0n) is 31.7. The van der Waals surface area contributed by atoms with Crippen LogP contribution in [0.5, 0.6) is 0 Å². The van der Waals surface area contributed by atoms with Crippen molar-refractivity contribution in [2.45, 2.75) is 194 Å². The summed E-state index contributed by atoms with van der Waals surface area (Å²) in [6.45, 7) is 33.2. The van der Waals surface area contributed by atoms with Gasteiger partial charge in [-0.15, -0.1) is 0 Å². The molecule has 3 heterocycles. The SMILES string of the molecule is CCN(CCCCCCN(C1=N/C(=N)NC(C)(C)CC(C)(C)C/C=N\1)C1CC(C)(C)NC(C)(C)C1)C1CC(C)(C)NC(C)(C)C1. The van der Waals surface area contributed by atoms with Crippen LogP contribution in [0.2, 0.25) is 0 Å². The standard InChI is InChI=1S/C37H72N8/c1-14-44(28-23-33(4,5)42-34(6,7)24-28)21-17-15-16-18-22-45(29-25-35(8,9)43-36(10,11)26-29)31-39-20-19-32(2,3)27-37(12,13)41-30(38)40-31/h20,28-29,42-43H,14-19,21-27H2,1-13H3,(H2,38,41)/b39-20-,40-31+. The van der Waals surface area contributed by atoms with Gasteiger partial charge in [0.25, 0.3) is 0 Å². The number of guanidine groups is 2. The quantitative estimate of drug-likeness (QED) is 0.190. The Kier molecular flexibility index (Phi) is 12.1. The minimum atomic E-state index is -0.212. The van der Waals surface area contributed by atoms with E-state index in [9.17, 15) is 0 Å². The van der Waals surface area contributed by atoms with Crippen LogP contribution in [0.3, 0.4) is 0 Å². The second kappa shape index (κ2) is 14.3. The van der Waals surface area contributed by atoms with E-state index in [1.54, 1.807) is 0 Å². The van der Waals surface area contributed by atoms with Crippen LogP contribution in [0, 0.1) is 10.8 Å². The van der Waals surface area contributed by atoms with Crippen molar-refractivity contribution >= 4 is 18.1 Å². The highest BCUT2D eigenvalue weighted by Gasteiger charge is 2.42. The van der Waals surface area contributed by atoms with Gasteiger partial charge in [0.05, 0.1) is 0 Å². The van der Waals surface area contributed by atoms with Crippen molar-refractivity contribution in [2.24, 2.45) is 15.4 Å². The number of rotatable bonds is 10. The molecule has 0 aromatic heterocycles. The third-order valence-corrected chi connectivity index (χ3v) is 9.99. The molecule has 0 unspecified atom stereocenters. The number of nitrogens with zero attached hydrogens (tertiary/aromatic N) is 4. The number of piperidine rings is 2. The fourth-order valence-corrected chi connectivity index (χ4v) is 9.31. The van der Waals surface area contributed by atoms with Crippen molar-refractivity contribution in [1.29, 1.82) is 5.41 Å². The molecule has 260 valence electrons. The summed E-state index contributed by atoms with van der Waals surface area (Å²) in [5, 5.41) is 19.9. The summed E-state index contributed by atoms with van der Waals surface area (Å²) in [6, 6.07) is 0.955. The van der Waals surface area contributed by atoms with E-state index in [-0.39, 0.29) is 39.1 Å². The van der Waals surface area contributed by atoms with Crippen LogP contribution in [0.25, 0.3) is 0 Å². The highest BCUT2D eigenvalue weighted by atomic mass is 15.3. The monoisotopic (exact) mass is 629 g/mol. The number of aliphatic imine (C=N–C) groups is 2. The molecule has 0 amide bonds. The molecule has 8 heteroatoms. The summed E-state index contributed by atoms with van der Waals surface area (Å²) in [5.41, 5.74) is 0.260. The molecular weight excluding hydrogens is 556 g/mol. The summed E-state index contributed by atoms with van der Waals surface area (Å²) in [6.07, 6.45) is 13.2. The molecule has 0 aliphatic carbocycles. The van der Waals surface area contributed by atoms with E-state index in [0.29, 0.717) is 18.0 Å². The fourth-order valence-electron chi connectivity index (χ4n) is 9.31. The van der Waals surface area contributed by atoms with Gasteiger partial charge in [0.2, 0.25) is 11.9 Å². The van der Waals surface area contributed by atoms with Crippen molar-refractivity contribution in [1.82, 2.24) is 25.8 Å². The van der Waals surface area contributed by atoms with Crippen LogP contribution >= 0.6 is 0 Å². The Labute approximate surface area is 278 Å². The van der Waals surface area contributed by atoms with Crippen LogP contribution in [0.4, 0.5) is 0 Å². The minimum Gasteiger partial charge on any atom is -0.350 e. The van der Waals surface area contributed by atoms with Crippen molar-refractivity contribution in [3.8, 4) is 0 Å². The maximum atomic E-state index is 8.81. The van der Waals surface area contributed by atoms with Gasteiger partial charge in [-0.25, -0.2) is 4.99 Å². The molecule has 45 heavy (non-hydrogen) atoms. The van der Waals surface area contributed by atoms with Crippen molar-refractivity contribution in [3.05, 3.63) is 0 Å². The second-order valence-electron chi connectivity index (χ2n) is 18.8. The first-order valence-electron chi connectivity index (χ1n) is 18.1. The van der Waals surface area contributed by atoms with Gasteiger partial charge in [0.15, 0.2) is 0 Å². The molecule has 0 bridgehead atoms. The summed E-state index contributed by atoms with van der Waals surface area (Å²) in [4.78, 5) is 15.1. The van der Waals surface area contributed by atoms with Gasteiger partial charge in [-0.1, -0.05) is 33.6 Å². The van der Waals surface area contributed by atoms with Gasteiger partial charge >= 0.3 is 0 Å². The second-order valence-corrected chi connectivity index (χ2v) is 18.8. The molecule has 0 radical (unpaired) electrons. The van der Waals surface area contributed by atoms with Crippen molar-refractivity contribution < 1.29 is 0 Å². The van der Waals surface area contributed by atoms with Crippen LogP contribution in [-0.2, 0) is 0 Å². The van der Waals surface area contributed by atoms with E-state index < -0.39 is 0 Å². The molecule has 2 saturated heterocycles. The summed E-state index contributed by atoms with van der Waals surface area (Å²) >= 11 is 0. The number of nitrogens with one attached hydrogen (secondary N) is 4. The molecule has 3 aliphatic heterocycles. The molecule has 4 N–H and O–H groups in total. The minimum absolute atomic E-state index is 0.0159. The number of unbranched alkanes of at least 4 members (excludes halogenated alkanes) is 3. The highest BCUT2D eigenvalue weighted by molar-refractivity contribution is 5.97. The third kappa shape index (κ3) is 12.2. The average Bonchev–Trinajstić information content (AvgIpc) is 2.79. The zero-order valence-corrected chi connectivity index (χ0v) is 31.7. The van der Waals surface area contributed by atoms with E-state index in [2.05, 4.69) is 122 Å². The molecule has 0 aromatic rings. The van der Waals surface area contributed by atoms with Crippen LogP contribution in [-0.4, -0.2) is 87.3 Å². The van der Waals surface area contributed by atoms with E-state index in [1.807, 2.05) is 0 Å². The molecule has 0 spiro atoms. The lowest BCUT2D eigenvalue weighted by Crippen LogP contribution is -2.63. The van der Waals surface area contributed by atoms with Gasteiger partial charge in [0, 0.05) is 52.5 Å². The van der Waals surface area contributed by atoms with Crippen molar-refractivity contribution in [3.63, 3.8) is 0 Å². The predicted molar refractivity (Wildman–Crippen MR) is 195 cm³/mol. The lowest BCUT2D eigenvalue weighted by molar-refractivity contribution is 0.0680. The number of hydrogen-bond acceptors (Lipinski definition) is 6. The topological polar surface area (TPSA) is 91.1 Å². The maximum Gasteiger partial charge on any atom is 0.228 e. The normalized spacial score (nSPS) is 28.1. The van der Waals surface area contributed by atoms with Crippen LogP contribution < -0.4 is 16.0 Å². The van der Waals surface area contributed by atoms with Crippen LogP contribution in [0.1, 0.15) is 154 Å². The van der Waals surface area contributed by atoms with Gasteiger partial charge in [-0.2, -0.15) is 4.99 Å². The van der Waals surface area contributed by atoms with Gasteiger partial charge in [0.1, 0.15) is 0 Å². The van der Waals surface area contributed by atoms with E-state index in [1.165, 1.54) is 38.6 Å². The first-order chi connectivity index (χ1) is 20.5. The first kappa shape index (κ1) is 37.9. The Bertz CT molecular complexity index is 1020. The highest BCUT2D eigenvalue weighted by Crippen LogP contribution is 2.34. The Morgan fingerprint density at radius 1 is 0.711 bits per heavy atom. The summed E-state index contributed by atoms with van der Waals surface area (Å²) in [5.74, 6) is 0.916. The maximum absolute atomic E-state index is 8.81. The van der Waals surface area contributed by atoms with E-state index in [0.717, 1.165) is 45.2 Å². The first-order valence-corrected chi connectivity index (χ1v) is 18.1. The van der Waals surface area contributed by atoms with E-state index in [4.69, 9.17) is 15.4 Å². The molecule has 3 aliphatic rings. The molecule has 0 saturated carbocycles. The predicted octanol–water partition coefficient (Wildman–Crippen LogP) is 7.34. The van der Waals surface area contributed by atoms with E-state index >= 15 is 0 Å². The Balaban J connectivity index is 1.71. The molecule has 0 atom stereocenters. The largest absolute Gasteiger partial charge is 0.350 e. The van der Waals surface area contributed by atoms with Crippen LogP contribution in [0.15, 0.2) is 9.98 Å². The Morgan fingerprint density at radius 3 is 1.71 bits per heavy atom. The lowest BCUT2D eigenvalue weighted by atomic mass is 9.78. The molecule has 0 aromatic carbocycles. The summed E-state index contributed by atoms with van der Waals surface area (Å²) in [7, 11) is 0. The average molecular weight is 629 g/mol. The molecule has 8 nitrogen and oxygen atoms in total. The Hall–Kier alpha value is -1.51. The fraction of sp³-hybridized carbons (Fsp3) is 0.919.